The second-order valence-corrected chi connectivity index (χ2v) is 4.33. The lowest BCUT2D eigenvalue weighted by atomic mass is 10.2. The highest BCUT2D eigenvalue weighted by Crippen LogP contribution is 2.16. The van der Waals surface area contributed by atoms with E-state index in [9.17, 15) is 4.79 Å². The molecule has 3 rings (SSSR count). The number of imidazole rings is 1. The minimum atomic E-state index is -0.935. The third-order valence-electron chi connectivity index (χ3n) is 3.12. The van der Waals surface area contributed by atoms with E-state index in [4.69, 9.17) is 5.11 Å². The zero-order chi connectivity index (χ0) is 13.4. The summed E-state index contributed by atoms with van der Waals surface area (Å²) in [6.45, 7) is 0.607. The average molecular weight is 256 g/mol. The molecule has 0 aliphatic rings. The number of carboxylic acids is 1. The van der Waals surface area contributed by atoms with Crippen LogP contribution in [-0.4, -0.2) is 30.4 Å². The first-order valence-corrected chi connectivity index (χ1v) is 5.80. The number of carbonyl (C=O) groups is 1. The number of benzene rings is 1. The molecule has 0 amide bonds. The molecule has 0 fully saturated rings. The number of hydrogen-bond donors (Lipinski definition) is 1. The summed E-state index contributed by atoms with van der Waals surface area (Å²) >= 11 is 0. The van der Waals surface area contributed by atoms with E-state index in [0.29, 0.717) is 6.54 Å². The summed E-state index contributed by atoms with van der Waals surface area (Å²) in [7, 11) is 1.87. The van der Waals surface area contributed by atoms with Crippen LogP contribution in [0.4, 0.5) is 0 Å². The first-order valence-electron chi connectivity index (χ1n) is 5.80. The fraction of sp³-hybridized carbons (Fsp3) is 0.154. The molecule has 6 heteroatoms. The van der Waals surface area contributed by atoms with Crippen molar-refractivity contribution in [3.63, 3.8) is 0 Å². The summed E-state index contributed by atoms with van der Waals surface area (Å²) in [5, 5.41) is 13.1. The van der Waals surface area contributed by atoms with Gasteiger partial charge < -0.3 is 9.67 Å². The van der Waals surface area contributed by atoms with Crippen molar-refractivity contribution in [2.24, 2.45) is 7.05 Å². The van der Waals surface area contributed by atoms with E-state index in [1.807, 2.05) is 17.7 Å². The van der Waals surface area contributed by atoms with Crippen LogP contribution in [0.3, 0.4) is 0 Å². The van der Waals surface area contributed by atoms with Gasteiger partial charge >= 0.3 is 5.97 Å². The Hall–Kier alpha value is -2.63. The molecule has 0 atom stereocenters. The van der Waals surface area contributed by atoms with E-state index >= 15 is 0 Å². The Morgan fingerprint density at radius 2 is 2.21 bits per heavy atom. The lowest BCUT2D eigenvalue weighted by Gasteiger charge is -2.05. The molecule has 2 heterocycles. The maximum Gasteiger partial charge on any atom is 0.335 e. The monoisotopic (exact) mass is 256 g/mol. The molecular weight excluding hydrogens is 244 g/mol. The molecule has 0 spiro atoms. The van der Waals surface area contributed by atoms with E-state index in [2.05, 4.69) is 10.1 Å². The van der Waals surface area contributed by atoms with Crippen LogP contribution in [0, 0.1) is 0 Å². The minimum absolute atomic E-state index is 0.263. The molecule has 19 heavy (non-hydrogen) atoms. The Bertz CT molecular complexity index is 757. The third-order valence-corrected chi connectivity index (χ3v) is 3.12. The predicted molar refractivity (Wildman–Crippen MR) is 69.0 cm³/mol. The highest BCUT2D eigenvalue weighted by Gasteiger charge is 2.09. The maximum atomic E-state index is 11.0. The van der Waals surface area contributed by atoms with Crippen LogP contribution >= 0.6 is 0 Å². The zero-order valence-corrected chi connectivity index (χ0v) is 10.3. The van der Waals surface area contributed by atoms with Gasteiger partial charge in [0, 0.05) is 13.2 Å². The third kappa shape index (κ3) is 1.97. The van der Waals surface area contributed by atoms with Gasteiger partial charge in [0.05, 0.1) is 35.2 Å². The van der Waals surface area contributed by atoms with E-state index in [-0.39, 0.29) is 5.56 Å². The summed E-state index contributed by atoms with van der Waals surface area (Å²) in [4.78, 5) is 15.3. The molecule has 0 saturated carbocycles. The molecule has 0 bridgehead atoms. The molecule has 2 aromatic heterocycles. The number of rotatable bonds is 3. The fourth-order valence-corrected chi connectivity index (χ4v) is 2.05. The van der Waals surface area contributed by atoms with Crippen LogP contribution in [0.2, 0.25) is 0 Å². The van der Waals surface area contributed by atoms with E-state index < -0.39 is 5.97 Å². The van der Waals surface area contributed by atoms with Gasteiger partial charge in [0.2, 0.25) is 0 Å². The normalized spacial score (nSPS) is 11.0. The van der Waals surface area contributed by atoms with Gasteiger partial charge in [-0.25, -0.2) is 9.78 Å². The molecule has 1 N–H and O–H groups in total. The number of nitrogens with zero attached hydrogens (tertiary/aromatic N) is 4. The van der Waals surface area contributed by atoms with E-state index in [1.54, 1.807) is 35.4 Å². The lowest BCUT2D eigenvalue weighted by Crippen LogP contribution is -2.05. The van der Waals surface area contributed by atoms with Gasteiger partial charge in [-0.05, 0) is 24.3 Å². The van der Waals surface area contributed by atoms with Gasteiger partial charge in [-0.2, -0.15) is 5.10 Å². The van der Waals surface area contributed by atoms with Crippen LogP contribution in [0.5, 0.6) is 0 Å². The Balaban J connectivity index is 2.06. The number of carboxylic acid groups (broad SMARTS) is 1. The van der Waals surface area contributed by atoms with Crippen molar-refractivity contribution in [1.29, 1.82) is 0 Å². The Labute approximate surface area is 108 Å². The van der Waals surface area contributed by atoms with Gasteiger partial charge in [0.25, 0.3) is 0 Å². The van der Waals surface area contributed by atoms with Crippen LogP contribution in [0.15, 0.2) is 36.8 Å². The first-order chi connectivity index (χ1) is 9.15. The number of aromatic nitrogens is 4. The molecule has 0 unspecified atom stereocenters. The van der Waals surface area contributed by atoms with Crippen molar-refractivity contribution in [2.75, 3.05) is 0 Å². The minimum Gasteiger partial charge on any atom is -0.478 e. The molecule has 0 aliphatic carbocycles. The highest BCUT2D eigenvalue weighted by molar-refractivity contribution is 5.92. The largest absolute Gasteiger partial charge is 0.478 e. The van der Waals surface area contributed by atoms with Gasteiger partial charge in [0.15, 0.2) is 0 Å². The molecule has 6 nitrogen and oxygen atoms in total. The molecule has 96 valence electrons. The average Bonchev–Trinajstić information content (AvgIpc) is 2.97. The predicted octanol–water partition coefficient (Wildman–Crippen LogP) is 1.52. The summed E-state index contributed by atoms with van der Waals surface area (Å²) in [6.07, 6.45) is 3.44. The standard InChI is InChI=1S/C13H12N4O2/c1-16-10(4-5-15-16)7-17-8-14-11-3-2-9(13(18)19)6-12(11)17/h2-6,8H,7H2,1H3,(H,18,19). The van der Waals surface area contributed by atoms with Crippen LogP contribution in [0.25, 0.3) is 11.0 Å². The molecule has 3 aromatic rings. The molecule has 0 saturated heterocycles. The molecular formula is C13H12N4O2. The summed E-state index contributed by atoms with van der Waals surface area (Å²) in [5.41, 5.74) is 2.88. The van der Waals surface area contributed by atoms with Crippen molar-refractivity contribution in [1.82, 2.24) is 19.3 Å². The van der Waals surface area contributed by atoms with Crippen LogP contribution < -0.4 is 0 Å². The van der Waals surface area contributed by atoms with E-state index in [0.717, 1.165) is 16.7 Å². The van der Waals surface area contributed by atoms with Crippen LogP contribution in [-0.2, 0) is 13.6 Å². The quantitative estimate of drug-likeness (QED) is 0.771. The number of aromatic carboxylic acids is 1. The van der Waals surface area contributed by atoms with Crippen LogP contribution in [0.1, 0.15) is 16.1 Å². The van der Waals surface area contributed by atoms with Crippen molar-refractivity contribution in [2.45, 2.75) is 6.54 Å². The highest BCUT2D eigenvalue weighted by atomic mass is 16.4. The summed E-state index contributed by atoms with van der Waals surface area (Å²) in [5.74, 6) is -0.935. The second-order valence-electron chi connectivity index (χ2n) is 4.33. The number of fused-ring (bicyclic) bond motifs is 1. The number of aryl methyl sites for hydroxylation is 1. The molecule has 0 radical (unpaired) electrons. The van der Waals surface area contributed by atoms with Crippen molar-refractivity contribution < 1.29 is 9.90 Å². The Morgan fingerprint density at radius 3 is 2.89 bits per heavy atom. The summed E-state index contributed by atoms with van der Waals surface area (Å²) in [6, 6.07) is 6.85. The molecule has 0 aliphatic heterocycles. The number of hydrogen-bond acceptors (Lipinski definition) is 3. The topological polar surface area (TPSA) is 72.9 Å². The second kappa shape index (κ2) is 4.24. The van der Waals surface area contributed by atoms with Gasteiger partial charge in [0.1, 0.15) is 0 Å². The van der Waals surface area contributed by atoms with Crippen molar-refractivity contribution in [3.8, 4) is 0 Å². The zero-order valence-electron chi connectivity index (χ0n) is 10.3. The smallest absolute Gasteiger partial charge is 0.335 e. The van der Waals surface area contributed by atoms with Gasteiger partial charge in [-0.1, -0.05) is 0 Å². The molecule has 1 aromatic carbocycles. The maximum absolute atomic E-state index is 11.0. The van der Waals surface area contributed by atoms with Gasteiger partial charge in [-0.15, -0.1) is 0 Å². The fourth-order valence-electron chi connectivity index (χ4n) is 2.05. The Morgan fingerprint density at radius 1 is 1.37 bits per heavy atom. The van der Waals surface area contributed by atoms with E-state index in [1.165, 1.54) is 0 Å². The summed E-state index contributed by atoms with van der Waals surface area (Å²) < 4.78 is 3.70. The SMILES string of the molecule is Cn1nccc1Cn1cnc2ccc(C(=O)O)cc21. The van der Waals surface area contributed by atoms with Crippen molar-refractivity contribution >= 4 is 17.0 Å². The first kappa shape index (κ1) is 11.5. The van der Waals surface area contributed by atoms with Crippen molar-refractivity contribution in [3.05, 3.63) is 48.0 Å². The Kier molecular flexibility index (Phi) is 2.56. The lowest BCUT2D eigenvalue weighted by molar-refractivity contribution is 0.0697. The van der Waals surface area contributed by atoms with Gasteiger partial charge in [-0.3, -0.25) is 4.68 Å².